The Morgan fingerprint density at radius 3 is 2.93 bits per heavy atom. The summed E-state index contributed by atoms with van der Waals surface area (Å²) in [5.74, 6) is 0.847. The van der Waals surface area contributed by atoms with Crippen LogP contribution in [-0.2, 0) is 0 Å². The van der Waals surface area contributed by atoms with Crippen LogP contribution >= 0.6 is 31.9 Å². The molecule has 3 heteroatoms. The van der Waals surface area contributed by atoms with Gasteiger partial charge in [0, 0.05) is 0 Å². The maximum atomic E-state index is 5.79. The molecule has 1 aromatic heterocycles. The molecule has 0 bridgehead atoms. The Balaban J connectivity index is 2.48. The molecular weight excluding hydrogens is 320 g/mol. The van der Waals surface area contributed by atoms with E-state index in [1.165, 1.54) is 0 Å². The Morgan fingerprint density at radius 1 is 1.20 bits per heavy atom. The van der Waals surface area contributed by atoms with Crippen molar-refractivity contribution in [3.05, 3.63) is 46.1 Å². The van der Waals surface area contributed by atoms with Gasteiger partial charge in [-0.3, -0.25) is 0 Å². The third-order valence-corrected chi connectivity index (χ3v) is 3.58. The molecule has 1 aromatic carbocycles. The van der Waals surface area contributed by atoms with Crippen LogP contribution in [0.2, 0.25) is 0 Å². The van der Waals surface area contributed by atoms with Crippen LogP contribution in [0, 0.1) is 6.08 Å². The van der Waals surface area contributed by atoms with E-state index >= 15 is 0 Å². The third-order valence-electron chi connectivity index (χ3n) is 2.37. The van der Waals surface area contributed by atoms with E-state index in [1.807, 2.05) is 24.3 Å². The van der Waals surface area contributed by atoms with E-state index in [0.29, 0.717) is 0 Å². The highest BCUT2D eigenvalue weighted by Crippen LogP contribution is 2.38. The highest BCUT2D eigenvalue weighted by molar-refractivity contribution is 9.15. The maximum Gasteiger partial charge on any atom is 0.264 e. The van der Waals surface area contributed by atoms with Crippen molar-refractivity contribution in [2.24, 2.45) is 0 Å². The summed E-state index contributed by atoms with van der Waals surface area (Å²) in [6, 6.07) is 6.03. The third kappa shape index (κ3) is 1.31. The van der Waals surface area contributed by atoms with Gasteiger partial charge in [-0.2, -0.15) is 0 Å². The molecule has 72 valence electrons. The van der Waals surface area contributed by atoms with Crippen LogP contribution in [0.15, 0.2) is 33.2 Å². The molecular formula is C12H5Br2O+. The summed E-state index contributed by atoms with van der Waals surface area (Å²) in [6.07, 6.45) is 6.97. The second-order valence-electron chi connectivity index (χ2n) is 3.25. The molecule has 0 atom stereocenters. The van der Waals surface area contributed by atoms with E-state index in [-0.39, 0.29) is 0 Å². The summed E-state index contributed by atoms with van der Waals surface area (Å²) < 4.78 is 7.63. The van der Waals surface area contributed by atoms with Crippen molar-refractivity contribution < 1.29 is 4.42 Å². The average Bonchev–Trinajstić information content (AvgIpc) is 2.60. The molecule has 0 saturated heterocycles. The standard InChI is InChI=1S/C12H5Br2O/c13-9-5-1-3-7-8-4-2-6-10(14)12(8)15-11(7)9/h1-5H/q+1. The first-order valence-corrected chi connectivity index (χ1v) is 6.03. The number of furan rings is 1. The Bertz CT molecular complexity index is 605. The first kappa shape index (κ1) is 9.34. The smallest absolute Gasteiger partial charge is 0.264 e. The monoisotopic (exact) mass is 323 g/mol. The summed E-state index contributed by atoms with van der Waals surface area (Å²) in [5, 5.41) is 1.12. The minimum atomic E-state index is 0.847. The van der Waals surface area contributed by atoms with E-state index in [1.54, 1.807) is 0 Å². The predicted octanol–water partition coefficient (Wildman–Crippen LogP) is 4.76. The SMILES string of the molecule is BrC1=[C+]C=Cc2c1oc1c(Br)cccc21. The first-order valence-electron chi connectivity index (χ1n) is 4.44. The molecule has 0 fully saturated rings. The average molecular weight is 325 g/mol. The topological polar surface area (TPSA) is 13.1 Å². The van der Waals surface area contributed by atoms with Gasteiger partial charge >= 0.3 is 0 Å². The number of para-hydroxylation sites is 1. The summed E-state index contributed by atoms with van der Waals surface area (Å²) in [4.78, 5) is 0. The van der Waals surface area contributed by atoms with Crippen molar-refractivity contribution in [1.29, 1.82) is 0 Å². The lowest BCUT2D eigenvalue weighted by atomic mass is 10.1. The molecule has 1 aliphatic carbocycles. The molecule has 2 aromatic rings. The zero-order valence-corrected chi connectivity index (χ0v) is 10.7. The second kappa shape index (κ2) is 3.31. The Morgan fingerprint density at radius 2 is 2.07 bits per heavy atom. The van der Waals surface area contributed by atoms with Gasteiger partial charge in [0.05, 0.1) is 22.0 Å². The Labute approximate surface area is 104 Å². The van der Waals surface area contributed by atoms with Gasteiger partial charge in [0.2, 0.25) is 4.48 Å². The van der Waals surface area contributed by atoms with Crippen LogP contribution < -0.4 is 0 Å². The molecule has 1 aliphatic rings. The molecule has 0 unspecified atom stereocenters. The molecule has 1 nitrogen and oxygen atoms in total. The van der Waals surface area contributed by atoms with E-state index in [4.69, 9.17) is 4.42 Å². The largest absolute Gasteiger partial charge is 0.393 e. The molecule has 0 saturated carbocycles. The van der Waals surface area contributed by atoms with Crippen molar-refractivity contribution in [2.75, 3.05) is 0 Å². The number of halogens is 2. The van der Waals surface area contributed by atoms with E-state index < -0.39 is 0 Å². The molecule has 0 amide bonds. The normalized spacial score (nSPS) is 13.6. The molecule has 0 radical (unpaired) electrons. The number of rotatable bonds is 0. The summed E-state index contributed by atoms with van der Waals surface area (Å²) in [6.45, 7) is 0. The van der Waals surface area contributed by atoms with Crippen LogP contribution in [0.3, 0.4) is 0 Å². The lowest BCUT2D eigenvalue weighted by Crippen LogP contribution is -1.81. The molecule has 15 heavy (non-hydrogen) atoms. The van der Waals surface area contributed by atoms with Gasteiger partial charge in [-0.1, -0.05) is 6.07 Å². The van der Waals surface area contributed by atoms with Gasteiger partial charge in [0.15, 0.2) is 5.58 Å². The number of allylic oxidation sites excluding steroid dienone is 2. The second-order valence-corrected chi connectivity index (χ2v) is 4.90. The van der Waals surface area contributed by atoms with Crippen molar-refractivity contribution in [3.8, 4) is 0 Å². The number of fused-ring (bicyclic) bond motifs is 3. The van der Waals surface area contributed by atoms with Gasteiger partial charge in [0.1, 0.15) is 11.6 Å². The number of hydrogen-bond acceptors (Lipinski definition) is 1. The number of benzene rings is 1. The van der Waals surface area contributed by atoms with Gasteiger partial charge in [-0.15, -0.1) is 0 Å². The first-order chi connectivity index (χ1) is 7.27. The van der Waals surface area contributed by atoms with E-state index in [0.717, 1.165) is 31.2 Å². The number of hydrogen-bond donors (Lipinski definition) is 0. The fourth-order valence-electron chi connectivity index (χ4n) is 1.70. The van der Waals surface area contributed by atoms with Crippen LogP contribution in [0.4, 0.5) is 0 Å². The van der Waals surface area contributed by atoms with Crippen LogP contribution in [0.5, 0.6) is 0 Å². The van der Waals surface area contributed by atoms with Gasteiger partial charge in [0.25, 0.3) is 5.76 Å². The molecule has 0 spiro atoms. The zero-order chi connectivity index (χ0) is 10.4. The van der Waals surface area contributed by atoms with Gasteiger partial charge in [-0.25, -0.2) is 0 Å². The van der Waals surface area contributed by atoms with Crippen molar-refractivity contribution in [3.63, 3.8) is 0 Å². The van der Waals surface area contributed by atoms with Crippen molar-refractivity contribution >= 4 is 53.4 Å². The van der Waals surface area contributed by atoms with E-state index in [9.17, 15) is 0 Å². The molecule has 3 rings (SSSR count). The van der Waals surface area contributed by atoms with Gasteiger partial charge < -0.3 is 4.42 Å². The van der Waals surface area contributed by atoms with Crippen molar-refractivity contribution in [1.82, 2.24) is 0 Å². The summed E-state index contributed by atoms with van der Waals surface area (Å²) >= 11 is 6.92. The highest BCUT2D eigenvalue weighted by Gasteiger charge is 2.26. The fourth-order valence-corrected chi connectivity index (χ4v) is 2.57. The van der Waals surface area contributed by atoms with Crippen LogP contribution in [-0.4, -0.2) is 0 Å². The zero-order valence-electron chi connectivity index (χ0n) is 7.55. The molecule has 0 aliphatic heterocycles. The minimum absolute atomic E-state index is 0.847. The maximum absolute atomic E-state index is 5.79. The highest BCUT2D eigenvalue weighted by atomic mass is 79.9. The summed E-state index contributed by atoms with van der Waals surface area (Å²) in [5.41, 5.74) is 1.99. The Hall–Kier alpha value is -0.890. The Kier molecular flexibility index (Phi) is 2.06. The lowest BCUT2D eigenvalue weighted by Gasteiger charge is -1.89. The van der Waals surface area contributed by atoms with Crippen LogP contribution in [0.25, 0.3) is 21.5 Å². The van der Waals surface area contributed by atoms with Crippen molar-refractivity contribution in [2.45, 2.75) is 0 Å². The molecule has 1 heterocycles. The quantitative estimate of drug-likeness (QED) is 0.637. The van der Waals surface area contributed by atoms with Crippen LogP contribution in [0.1, 0.15) is 11.3 Å². The van der Waals surface area contributed by atoms with E-state index in [2.05, 4.69) is 44.0 Å². The lowest BCUT2D eigenvalue weighted by molar-refractivity contribution is 0.600. The predicted molar refractivity (Wildman–Crippen MR) is 68.5 cm³/mol. The van der Waals surface area contributed by atoms with Gasteiger partial charge in [-0.05, 0) is 44.0 Å². The fraction of sp³-hybridized carbons (Fsp3) is 0. The minimum Gasteiger partial charge on any atom is -0.393 e. The summed E-state index contributed by atoms with van der Waals surface area (Å²) in [7, 11) is 0. The molecule has 0 N–H and O–H groups in total.